The number of benzene rings is 2. The highest BCUT2D eigenvalue weighted by atomic mass is 35.5. The topological polar surface area (TPSA) is 100 Å². The van der Waals surface area contributed by atoms with Crippen molar-refractivity contribution in [2.45, 2.75) is 12.8 Å². The van der Waals surface area contributed by atoms with Crippen molar-refractivity contribution in [3.63, 3.8) is 0 Å². The van der Waals surface area contributed by atoms with Gasteiger partial charge in [0.25, 0.3) is 0 Å². The quantitative estimate of drug-likeness (QED) is 0.356. The van der Waals surface area contributed by atoms with E-state index in [1.807, 2.05) is 0 Å². The maximum atomic E-state index is 12.9. The average molecular weight is 510 g/mol. The number of nitriles is 1. The van der Waals surface area contributed by atoms with Gasteiger partial charge >= 0.3 is 5.97 Å². The van der Waals surface area contributed by atoms with Crippen molar-refractivity contribution in [2.75, 3.05) is 24.8 Å². The minimum Gasteiger partial charge on any atom is -0.497 e. The molecule has 180 valence electrons. The van der Waals surface area contributed by atoms with Gasteiger partial charge in [0.1, 0.15) is 12.4 Å². The van der Waals surface area contributed by atoms with Crippen molar-refractivity contribution < 1.29 is 19.1 Å². The summed E-state index contributed by atoms with van der Waals surface area (Å²) in [6.45, 7) is 5.35. The molecular formula is C26H24ClN3O4S. The molecule has 0 unspecified atom stereocenters. The molecule has 0 saturated carbocycles. The number of dihydropyridines is 1. The van der Waals surface area contributed by atoms with Gasteiger partial charge < -0.3 is 20.1 Å². The Labute approximate surface area is 213 Å². The fraction of sp³-hybridized carbons (Fsp3) is 0.192. The summed E-state index contributed by atoms with van der Waals surface area (Å²) in [5.74, 6) is -0.735. The largest absolute Gasteiger partial charge is 0.497 e. The molecule has 0 spiro atoms. The predicted octanol–water partition coefficient (Wildman–Crippen LogP) is 5.15. The van der Waals surface area contributed by atoms with E-state index in [1.165, 1.54) is 17.8 Å². The molecule has 2 aromatic rings. The molecule has 2 N–H and O–H groups in total. The number of anilines is 1. The van der Waals surface area contributed by atoms with Crippen LogP contribution < -0.4 is 15.4 Å². The third-order valence-corrected chi connectivity index (χ3v) is 6.39. The first-order valence-corrected chi connectivity index (χ1v) is 12.0. The molecule has 0 aromatic heterocycles. The number of nitrogens with zero attached hydrogens (tertiary/aromatic N) is 1. The second-order valence-corrected chi connectivity index (χ2v) is 8.88. The monoisotopic (exact) mass is 509 g/mol. The zero-order valence-electron chi connectivity index (χ0n) is 19.3. The maximum Gasteiger partial charge on any atom is 0.337 e. The number of halogens is 1. The van der Waals surface area contributed by atoms with Crippen molar-refractivity contribution in [1.29, 1.82) is 5.26 Å². The Morgan fingerprint density at radius 2 is 1.91 bits per heavy atom. The standard InChI is InChI=1S/C26H24ClN3O4S/c1-4-13-34-26(32)23-16(2)29-25(21(14-28)24(23)17-5-7-18(27)8-6-17)35-15-22(31)30-19-9-11-20(33-3)12-10-19/h4-12,24,29H,1,13,15H2,2-3H3,(H,30,31)/t24-/m1/s1. The van der Waals surface area contributed by atoms with Gasteiger partial charge in [0.15, 0.2) is 0 Å². The Morgan fingerprint density at radius 1 is 1.23 bits per heavy atom. The Hall–Kier alpha value is -3.67. The number of allylic oxidation sites excluding steroid dienone is 2. The molecule has 0 saturated heterocycles. The Kier molecular flexibility index (Phi) is 9.01. The van der Waals surface area contributed by atoms with E-state index in [1.54, 1.807) is 62.6 Å². The lowest BCUT2D eigenvalue weighted by Gasteiger charge is -2.29. The van der Waals surface area contributed by atoms with Gasteiger partial charge in [0.2, 0.25) is 5.91 Å². The summed E-state index contributed by atoms with van der Waals surface area (Å²) in [7, 11) is 1.57. The number of amides is 1. The number of esters is 1. The van der Waals surface area contributed by atoms with Gasteiger partial charge in [-0.3, -0.25) is 4.79 Å². The van der Waals surface area contributed by atoms with Crippen molar-refractivity contribution >= 4 is 40.9 Å². The summed E-state index contributed by atoms with van der Waals surface area (Å²) in [4.78, 5) is 25.5. The summed E-state index contributed by atoms with van der Waals surface area (Å²) >= 11 is 7.24. The van der Waals surface area contributed by atoms with Crippen LogP contribution in [0.4, 0.5) is 5.69 Å². The fourth-order valence-electron chi connectivity index (χ4n) is 3.51. The number of thioether (sulfide) groups is 1. The Balaban J connectivity index is 1.86. The normalized spacial score (nSPS) is 15.1. The van der Waals surface area contributed by atoms with Gasteiger partial charge in [-0.2, -0.15) is 5.26 Å². The number of hydrogen-bond acceptors (Lipinski definition) is 7. The molecule has 1 aliphatic heterocycles. The first-order valence-electron chi connectivity index (χ1n) is 10.6. The van der Waals surface area contributed by atoms with E-state index < -0.39 is 11.9 Å². The van der Waals surface area contributed by atoms with Crippen molar-refractivity contribution in [2.24, 2.45) is 0 Å². The molecule has 7 nitrogen and oxygen atoms in total. The Morgan fingerprint density at radius 3 is 2.51 bits per heavy atom. The number of rotatable bonds is 9. The van der Waals surface area contributed by atoms with Crippen LogP contribution in [0.3, 0.4) is 0 Å². The van der Waals surface area contributed by atoms with E-state index in [0.29, 0.717) is 43.9 Å². The van der Waals surface area contributed by atoms with Crippen LogP contribution in [0.15, 0.2) is 83.1 Å². The molecule has 2 aromatic carbocycles. The summed E-state index contributed by atoms with van der Waals surface area (Å²) in [6, 6.07) is 16.1. The summed E-state index contributed by atoms with van der Waals surface area (Å²) < 4.78 is 10.4. The Bertz CT molecular complexity index is 1210. The fourth-order valence-corrected chi connectivity index (χ4v) is 4.52. The van der Waals surface area contributed by atoms with Crippen LogP contribution in [-0.2, 0) is 14.3 Å². The van der Waals surface area contributed by atoms with Crippen LogP contribution in [-0.4, -0.2) is 31.3 Å². The number of carbonyl (C=O) groups excluding carboxylic acids is 2. The molecule has 1 atom stereocenters. The third-order valence-electron chi connectivity index (χ3n) is 5.12. The number of nitrogens with one attached hydrogen (secondary N) is 2. The van der Waals surface area contributed by atoms with E-state index >= 15 is 0 Å². The molecule has 1 aliphatic rings. The molecule has 0 radical (unpaired) electrons. The molecule has 9 heteroatoms. The number of hydrogen-bond donors (Lipinski definition) is 2. The van der Waals surface area contributed by atoms with Gasteiger partial charge in [-0.1, -0.05) is 48.2 Å². The predicted molar refractivity (Wildman–Crippen MR) is 138 cm³/mol. The van der Waals surface area contributed by atoms with E-state index in [9.17, 15) is 14.9 Å². The zero-order valence-corrected chi connectivity index (χ0v) is 20.8. The number of methoxy groups -OCH3 is 1. The highest BCUT2D eigenvalue weighted by molar-refractivity contribution is 8.03. The van der Waals surface area contributed by atoms with Crippen LogP contribution in [0.25, 0.3) is 0 Å². The second kappa shape index (κ2) is 12.2. The first-order chi connectivity index (χ1) is 16.9. The van der Waals surface area contributed by atoms with Gasteiger partial charge in [-0.05, 0) is 48.9 Å². The smallest absolute Gasteiger partial charge is 0.337 e. The lowest BCUT2D eigenvalue weighted by atomic mass is 9.82. The molecule has 0 bridgehead atoms. The molecule has 1 heterocycles. The van der Waals surface area contributed by atoms with E-state index in [0.717, 1.165) is 0 Å². The molecule has 3 rings (SSSR count). The van der Waals surface area contributed by atoms with Crippen molar-refractivity contribution in [3.8, 4) is 11.8 Å². The molecule has 1 amide bonds. The van der Waals surface area contributed by atoms with Gasteiger partial charge in [-0.25, -0.2) is 4.79 Å². The molecule has 0 fully saturated rings. The number of carbonyl (C=O) groups is 2. The zero-order chi connectivity index (χ0) is 25.4. The van der Waals surface area contributed by atoms with Gasteiger partial charge in [0.05, 0.1) is 41.0 Å². The number of ether oxygens (including phenoxy) is 2. The lowest BCUT2D eigenvalue weighted by Crippen LogP contribution is -2.29. The van der Waals surface area contributed by atoms with Crippen LogP contribution >= 0.6 is 23.4 Å². The summed E-state index contributed by atoms with van der Waals surface area (Å²) in [5, 5.41) is 17.0. The van der Waals surface area contributed by atoms with Crippen molar-refractivity contribution in [3.05, 3.63) is 93.6 Å². The molecule has 0 aliphatic carbocycles. The molecule has 35 heavy (non-hydrogen) atoms. The molecular weight excluding hydrogens is 486 g/mol. The lowest BCUT2D eigenvalue weighted by molar-refractivity contribution is -0.138. The van der Waals surface area contributed by atoms with Crippen LogP contribution in [0.2, 0.25) is 5.02 Å². The first kappa shape index (κ1) is 25.9. The maximum absolute atomic E-state index is 12.9. The van der Waals surface area contributed by atoms with E-state index in [2.05, 4.69) is 23.3 Å². The second-order valence-electron chi connectivity index (χ2n) is 7.46. The van der Waals surface area contributed by atoms with Crippen LogP contribution in [0.1, 0.15) is 18.4 Å². The van der Waals surface area contributed by atoms with E-state index in [-0.39, 0.29) is 18.3 Å². The van der Waals surface area contributed by atoms with E-state index in [4.69, 9.17) is 21.1 Å². The highest BCUT2D eigenvalue weighted by Gasteiger charge is 2.35. The van der Waals surface area contributed by atoms with Crippen LogP contribution in [0, 0.1) is 11.3 Å². The SMILES string of the molecule is C=CCOC(=O)C1=C(C)NC(SCC(=O)Nc2ccc(OC)cc2)=C(C#N)[C@H]1c1ccc(Cl)cc1. The van der Waals surface area contributed by atoms with Gasteiger partial charge in [0, 0.05) is 16.4 Å². The van der Waals surface area contributed by atoms with Crippen molar-refractivity contribution in [1.82, 2.24) is 5.32 Å². The summed E-state index contributed by atoms with van der Waals surface area (Å²) in [6.07, 6.45) is 1.48. The average Bonchev–Trinajstić information content (AvgIpc) is 2.86. The third kappa shape index (κ3) is 6.47. The van der Waals surface area contributed by atoms with Gasteiger partial charge in [-0.15, -0.1) is 0 Å². The van der Waals surface area contributed by atoms with Crippen LogP contribution in [0.5, 0.6) is 5.75 Å². The highest BCUT2D eigenvalue weighted by Crippen LogP contribution is 2.41. The summed E-state index contributed by atoms with van der Waals surface area (Å²) in [5.41, 5.74) is 2.50. The minimum absolute atomic E-state index is 0.0433. The minimum atomic E-state index is -0.678.